The summed E-state index contributed by atoms with van der Waals surface area (Å²) in [6.45, 7) is 0. The van der Waals surface area contributed by atoms with Crippen LogP contribution in [0.4, 0.5) is 22.0 Å². The van der Waals surface area contributed by atoms with Crippen LogP contribution in [-0.2, 0) is 19.7 Å². The maximum atomic E-state index is 13.6. The molecule has 1 aromatic carbocycles. The largest absolute Gasteiger partial charge is 0.500 e. The first-order valence-electron chi connectivity index (χ1n) is 9.49. The first kappa shape index (κ1) is 25.0. The molecule has 1 rings (SSSR count). The fourth-order valence-corrected chi connectivity index (χ4v) is 4.93. The second kappa shape index (κ2) is 12.5. The molecule has 28 heavy (non-hydrogen) atoms. The topological polar surface area (TPSA) is 27.7 Å². The lowest BCUT2D eigenvalue weighted by Crippen LogP contribution is -2.42. The van der Waals surface area contributed by atoms with Crippen LogP contribution in [0.5, 0.6) is 0 Å². The molecule has 0 unspecified atom stereocenters. The smallest absolute Gasteiger partial charge is 0.377 e. The van der Waals surface area contributed by atoms with Crippen molar-refractivity contribution in [1.82, 2.24) is 0 Å². The van der Waals surface area contributed by atoms with Gasteiger partial charge in [0.15, 0.2) is 23.3 Å². The number of halogens is 5. The molecule has 1 aromatic rings. The van der Waals surface area contributed by atoms with Gasteiger partial charge in [0.1, 0.15) is 0 Å². The summed E-state index contributed by atoms with van der Waals surface area (Å²) in [6.07, 6.45) is 6.72. The maximum Gasteiger partial charge on any atom is 0.500 e. The Morgan fingerprint density at radius 3 is 1.32 bits per heavy atom. The van der Waals surface area contributed by atoms with Gasteiger partial charge in [-0.15, -0.1) is 0 Å². The van der Waals surface area contributed by atoms with Crippen LogP contribution in [0.15, 0.2) is 0 Å². The Bertz CT molecular complexity index is 574. The van der Waals surface area contributed by atoms with Crippen molar-refractivity contribution in [3.05, 3.63) is 34.6 Å². The third-order valence-electron chi connectivity index (χ3n) is 4.89. The third-order valence-corrected chi connectivity index (χ3v) is 7.73. The molecule has 0 spiro atoms. The highest BCUT2D eigenvalue weighted by Crippen LogP contribution is 2.25. The molecule has 0 aliphatic heterocycles. The van der Waals surface area contributed by atoms with E-state index in [1.54, 1.807) is 21.3 Å². The van der Waals surface area contributed by atoms with Crippen LogP contribution in [-0.4, -0.2) is 30.1 Å². The highest BCUT2D eigenvalue weighted by molar-refractivity contribution is 6.60. The van der Waals surface area contributed by atoms with Gasteiger partial charge >= 0.3 is 8.80 Å². The van der Waals surface area contributed by atoms with Gasteiger partial charge in [-0.05, 0) is 19.3 Å². The lowest BCUT2D eigenvalue weighted by atomic mass is 10.0. The highest BCUT2D eigenvalue weighted by atomic mass is 28.4. The third kappa shape index (κ3) is 6.79. The van der Waals surface area contributed by atoms with Crippen LogP contribution >= 0.6 is 0 Å². The zero-order valence-corrected chi connectivity index (χ0v) is 17.7. The summed E-state index contributed by atoms with van der Waals surface area (Å²) < 4.78 is 82.5. The number of rotatable bonds is 14. The van der Waals surface area contributed by atoms with E-state index in [-0.39, 0.29) is 6.42 Å². The van der Waals surface area contributed by atoms with Crippen molar-refractivity contribution in [2.75, 3.05) is 21.3 Å². The van der Waals surface area contributed by atoms with E-state index >= 15 is 0 Å². The van der Waals surface area contributed by atoms with Crippen molar-refractivity contribution in [3.63, 3.8) is 0 Å². The van der Waals surface area contributed by atoms with E-state index in [9.17, 15) is 22.0 Å². The summed E-state index contributed by atoms with van der Waals surface area (Å²) in [5, 5.41) is 0. The van der Waals surface area contributed by atoms with Gasteiger partial charge in [0, 0.05) is 32.9 Å². The highest BCUT2D eigenvalue weighted by Gasteiger charge is 2.36. The molecule has 0 aliphatic carbocycles. The predicted octanol–water partition coefficient (Wildman–Crippen LogP) is 5.92. The summed E-state index contributed by atoms with van der Waals surface area (Å²) >= 11 is 0. The molecule has 0 bridgehead atoms. The molecular formula is C19H29F5O3Si. The van der Waals surface area contributed by atoms with Gasteiger partial charge in [-0.3, -0.25) is 0 Å². The molecule has 0 aliphatic rings. The average Bonchev–Trinajstić information content (AvgIpc) is 2.72. The lowest BCUT2D eigenvalue weighted by molar-refractivity contribution is 0.122. The van der Waals surface area contributed by atoms with Crippen molar-refractivity contribution in [3.8, 4) is 0 Å². The van der Waals surface area contributed by atoms with Crippen LogP contribution in [0.25, 0.3) is 0 Å². The summed E-state index contributed by atoms with van der Waals surface area (Å²) in [5.74, 6) is -9.31. The minimum absolute atomic E-state index is 0.163. The van der Waals surface area contributed by atoms with E-state index in [1.165, 1.54) is 0 Å². The quantitative estimate of drug-likeness (QED) is 0.121. The molecule has 3 nitrogen and oxygen atoms in total. The maximum absolute atomic E-state index is 13.6. The minimum Gasteiger partial charge on any atom is -0.377 e. The van der Waals surface area contributed by atoms with Crippen molar-refractivity contribution in [1.29, 1.82) is 0 Å². The fraction of sp³-hybridized carbons (Fsp3) is 0.684. The molecule has 0 radical (unpaired) electrons. The zero-order chi connectivity index (χ0) is 21.2. The van der Waals surface area contributed by atoms with Crippen molar-refractivity contribution >= 4 is 8.80 Å². The standard InChI is InChI=1S/C19H29F5O3Si/c1-25-28(26-2,27-3)13-11-9-7-5-4-6-8-10-12-14-15(20)17(22)19(24)18(23)16(14)21/h4-13H2,1-3H3. The molecule has 0 heterocycles. The Labute approximate surface area is 164 Å². The summed E-state index contributed by atoms with van der Waals surface area (Å²) in [6, 6.07) is 0.762. The second-order valence-electron chi connectivity index (χ2n) is 6.67. The van der Waals surface area contributed by atoms with Crippen molar-refractivity contribution < 1.29 is 35.2 Å². The van der Waals surface area contributed by atoms with Crippen LogP contribution < -0.4 is 0 Å². The van der Waals surface area contributed by atoms with Crippen LogP contribution in [0.2, 0.25) is 6.04 Å². The lowest BCUT2D eigenvalue weighted by Gasteiger charge is -2.24. The van der Waals surface area contributed by atoms with E-state index < -0.39 is 43.5 Å². The number of hydrogen-bond donors (Lipinski definition) is 0. The number of unbranched alkanes of at least 4 members (excludes halogenated alkanes) is 7. The Kier molecular flexibility index (Phi) is 11.2. The van der Waals surface area contributed by atoms with E-state index in [0.717, 1.165) is 44.6 Å². The Balaban J connectivity index is 2.20. The molecule has 0 fully saturated rings. The van der Waals surface area contributed by atoms with Gasteiger partial charge in [-0.2, -0.15) is 0 Å². The summed E-state index contributed by atoms with van der Waals surface area (Å²) in [5.41, 5.74) is -0.724. The fourth-order valence-electron chi connectivity index (χ4n) is 3.13. The summed E-state index contributed by atoms with van der Waals surface area (Å²) in [7, 11) is 2.27. The first-order valence-corrected chi connectivity index (χ1v) is 11.4. The van der Waals surface area contributed by atoms with E-state index in [1.807, 2.05) is 0 Å². The Hall–Kier alpha value is -1.03. The molecular weight excluding hydrogens is 399 g/mol. The van der Waals surface area contributed by atoms with E-state index in [0.29, 0.717) is 12.8 Å². The zero-order valence-electron chi connectivity index (χ0n) is 16.7. The molecule has 0 saturated heterocycles. The Morgan fingerprint density at radius 1 is 0.536 bits per heavy atom. The molecule has 0 aromatic heterocycles. The van der Waals surface area contributed by atoms with Gasteiger partial charge in [0.2, 0.25) is 5.82 Å². The van der Waals surface area contributed by atoms with Gasteiger partial charge < -0.3 is 13.3 Å². The first-order chi connectivity index (χ1) is 13.3. The SMILES string of the molecule is CO[Si](CCCCCCCCCCc1c(F)c(F)c(F)c(F)c1F)(OC)OC. The van der Waals surface area contributed by atoms with Gasteiger partial charge in [0.05, 0.1) is 0 Å². The molecule has 162 valence electrons. The minimum atomic E-state index is -2.49. The second-order valence-corrected chi connectivity index (χ2v) is 9.76. The summed E-state index contributed by atoms with van der Waals surface area (Å²) in [4.78, 5) is 0. The van der Waals surface area contributed by atoms with E-state index in [2.05, 4.69) is 0 Å². The molecule has 0 amide bonds. The van der Waals surface area contributed by atoms with Crippen molar-refractivity contribution in [2.45, 2.75) is 63.8 Å². The number of hydrogen-bond acceptors (Lipinski definition) is 3. The molecule has 0 N–H and O–H groups in total. The molecule has 0 saturated carbocycles. The van der Waals surface area contributed by atoms with E-state index in [4.69, 9.17) is 13.3 Å². The number of benzene rings is 1. The van der Waals surface area contributed by atoms with Gasteiger partial charge in [-0.25, -0.2) is 22.0 Å². The molecule has 9 heteroatoms. The Morgan fingerprint density at radius 2 is 0.893 bits per heavy atom. The van der Waals surface area contributed by atoms with Gasteiger partial charge in [-0.1, -0.05) is 38.5 Å². The van der Waals surface area contributed by atoms with Crippen LogP contribution in [0.1, 0.15) is 56.9 Å². The van der Waals surface area contributed by atoms with Crippen LogP contribution in [0.3, 0.4) is 0 Å². The average molecular weight is 429 g/mol. The predicted molar refractivity (Wildman–Crippen MR) is 98.5 cm³/mol. The normalized spacial score (nSPS) is 12.0. The van der Waals surface area contributed by atoms with Crippen LogP contribution in [0, 0.1) is 29.1 Å². The van der Waals surface area contributed by atoms with Crippen molar-refractivity contribution in [2.24, 2.45) is 0 Å². The molecule has 0 atom stereocenters. The monoisotopic (exact) mass is 428 g/mol. The van der Waals surface area contributed by atoms with Gasteiger partial charge in [0.25, 0.3) is 0 Å².